The second-order valence-corrected chi connectivity index (χ2v) is 4.68. The molecule has 0 bridgehead atoms. The Labute approximate surface area is 117 Å². The smallest absolute Gasteiger partial charge is 0.303 e. The van der Waals surface area contributed by atoms with E-state index in [1.54, 1.807) is 12.4 Å². The minimum absolute atomic E-state index is 0.218. The van der Waals surface area contributed by atoms with Crippen LogP contribution in [0, 0.1) is 0 Å². The van der Waals surface area contributed by atoms with Gasteiger partial charge in [0.05, 0.1) is 5.69 Å². The third-order valence-corrected chi connectivity index (χ3v) is 3.04. The molecule has 6 nitrogen and oxygen atoms in total. The fourth-order valence-corrected chi connectivity index (χ4v) is 1.94. The molecular weight excluding hydrogens is 256 g/mol. The van der Waals surface area contributed by atoms with Gasteiger partial charge >= 0.3 is 5.97 Å². The highest BCUT2D eigenvalue weighted by atomic mass is 16.4. The van der Waals surface area contributed by atoms with Crippen molar-refractivity contribution in [3.63, 3.8) is 0 Å². The molecule has 6 heteroatoms. The van der Waals surface area contributed by atoms with Crippen molar-refractivity contribution < 1.29 is 9.90 Å². The van der Waals surface area contributed by atoms with Crippen LogP contribution in [-0.4, -0.2) is 31.1 Å². The summed E-state index contributed by atoms with van der Waals surface area (Å²) >= 11 is 0. The summed E-state index contributed by atoms with van der Waals surface area (Å²) in [5, 5.41) is 16.7. The van der Waals surface area contributed by atoms with Gasteiger partial charge in [-0.25, -0.2) is 0 Å². The fraction of sp³-hybridized carbons (Fsp3) is 0.429. The van der Waals surface area contributed by atoms with Gasteiger partial charge in [-0.1, -0.05) is 5.21 Å². The maximum atomic E-state index is 10.4. The highest BCUT2D eigenvalue weighted by Crippen LogP contribution is 2.05. The van der Waals surface area contributed by atoms with Crippen LogP contribution in [0.4, 0.5) is 0 Å². The van der Waals surface area contributed by atoms with Gasteiger partial charge in [0.25, 0.3) is 0 Å². The predicted molar refractivity (Wildman–Crippen MR) is 73.2 cm³/mol. The second kappa shape index (κ2) is 7.37. The minimum Gasteiger partial charge on any atom is -0.481 e. The molecule has 20 heavy (non-hydrogen) atoms. The zero-order valence-corrected chi connectivity index (χ0v) is 11.3. The van der Waals surface area contributed by atoms with Gasteiger partial charge in [-0.3, -0.25) is 14.5 Å². The lowest BCUT2D eigenvalue weighted by Gasteiger charge is -2.00. The summed E-state index contributed by atoms with van der Waals surface area (Å²) in [6.07, 6.45) is 8.90. The molecule has 0 spiro atoms. The number of unbranched alkanes of at least 4 members (excludes halogenated alkanes) is 1. The van der Waals surface area contributed by atoms with E-state index in [9.17, 15) is 4.79 Å². The average molecular weight is 274 g/mol. The van der Waals surface area contributed by atoms with E-state index in [4.69, 9.17) is 5.11 Å². The lowest BCUT2D eigenvalue weighted by molar-refractivity contribution is -0.137. The summed E-state index contributed by atoms with van der Waals surface area (Å²) in [5.41, 5.74) is 2.14. The van der Waals surface area contributed by atoms with Crippen molar-refractivity contribution in [2.24, 2.45) is 0 Å². The van der Waals surface area contributed by atoms with Crippen molar-refractivity contribution in [2.75, 3.05) is 0 Å². The van der Waals surface area contributed by atoms with Crippen LogP contribution in [-0.2, 0) is 24.2 Å². The van der Waals surface area contributed by atoms with E-state index in [2.05, 4.69) is 15.3 Å². The number of aliphatic carboxylic acids is 1. The van der Waals surface area contributed by atoms with Crippen molar-refractivity contribution in [3.05, 3.63) is 42.0 Å². The summed E-state index contributed by atoms with van der Waals surface area (Å²) in [6.45, 7) is 0.784. The zero-order chi connectivity index (χ0) is 14.2. The largest absolute Gasteiger partial charge is 0.481 e. The number of pyridine rings is 1. The van der Waals surface area contributed by atoms with Gasteiger partial charge in [-0.15, -0.1) is 5.10 Å². The van der Waals surface area contributed by atoms with E-state index in [1.807, 2.05) is 23.0 Å². The van der Waals surface area contributed by atoms with Crippen molar-refractivity contribution in [2.45, 2.75) is 38.6 Å². The first-order chi connectivity index (χ1) is 9.74. The molecule has 2 heterocycles. The molecule has 1 N–H and O–H groups in total. The van der Waals surface area contributed by atoms with Crippen LogP contribution >= 0.6 is 0 Å². The van der Waals surface area contributed by atoms with Gasteiger partial charge in [0.15, 0.2) is 0 Å². The number of hydrogen-bond donors (Lipinski definition) is 1. The van der Waals surface area contributed by atoms with Gasteiger partial charge in [0, 0.05) is 31.6 Å². The third kappa shape index (κ3) is 4.79. The molecule has 0 saturated heterocycles. The number of rotatable bonds is 8. The Morgan fingerprint density at radius 1 is 1.20 bits per heavy atom. The Bertz CT molecular complexity index is 539. The molecule has 0 aliphatic carbocycles. The van der Waals surface area contributed by atoms with Gasteiger partial charge in [-0.05, 0) is 43.4 Å². The van der Waals surface area contributed by atoms with Crippen LogP contribution in [0.25, 0.3) is 0 Å². The monoisotopic (exact) mass is 274 g/mol. The van der Waals surface area contributed by atoms with E-state index in [-0.39, 0.29) is 6.42 Å². The Morgan fingerprint density at radius 2 is 2.00 bits per heavy atom. The maximum Gasteiger partial charge on any atom is 0.303 e. The molecule has 106 valence electrons. The Balaban J connectivity index is 1.73. The number of nitrogens with zero attached hydrogens (tertiary/aromatic N) is 4. The quantitative estimate of drug-likeness (QED) is 0.741. The minimum atomic E-state index is -0.744. The highest BCUT2D eigenvalue weighted by Gasteiger charge is 2.02. The Hall–Kier alpha value is -2.24. The second-order valence-electron chi connectivity index (χ2n) is 4.68. The van der Waals surface area contributed by atoms with E-state index in [1.165, 1.54) is 5.56 Å². The summed E-state index contributed by atoms with van der Waals surface area (Å²) in [5.74, 6) is -0.744. The molecule has 0 aromatic carbocycles. The molecule has 2 rings (SSSR count). The SMILES string of the molecule is O=C(O)CCCCc1cn(CCc2ccncc2)nn1. The number of carboxylic acid groups (broad SMARTS) is 1. The molecule has 0 amide bonds. The van der Waals surface area contributed by atoms with Crippen molar-refractivity contribution in [1.82, 2.24) is 20.0 Å². The predicted octanol–water partition coefficient (Wildman–Crippen LogP) is 1.71. The van der Waals surface area contributed by atoms with Crippen molar-refractivity contribution in [1.29, 1.82) is 0 Å². The van der Waals surface area contributed by atoms with Gasteiger partial charge in [0.2, 0.25) is 0 Å². The summed E-state index contributed by atoms with van der Waals surface area (Å²) in [6, 6.07) is 3.98. The Kier molecular flexibility index (Phi) is 5.23. The number of carbonyl (C=O) groups is 1. The van der Waals surface area contributed by atoms with Gasteiger partial charge in [-0.2, -0.15) is 0 Å². The van der Waals surface area contributed by atoms with Crippen LogP contribution in [0.3, 0.4) is 0 Å². The zero-order valence-electron chi connectivity index (χ0n) is 11.3. The summed E-state index contributed by atoms with van der Waals surface area (Å²) < 4.78 is 1.83. The normalized spacial score (nSPS) is 10.6. The first-order valence-corrected chi connectivity index (χ1v) is 6.74. The molecule has 0 saturated carbocycles. The topological polar surface area (TPSA) is 80.9 Å². The fourth-order valence-electron chi connectivity index (χ4n) is 1.94. The van der Waals surface area contributed by atoms with Crippen LogP contribution in [0.2, 0.25) is 0 Å². The van der Waals surface area contributed by atoms with Gasteiger partial charge in [0.1, 0.15) is 0 Å². The average Bonchev–Trinajstić information content (AvgIpc) is 2.90. The molecule has 2 aromatic rings. The summed E-state index contributed by atoms with van der Waals surface area (Å²) in [7, 11) is 0. The van der Waals surface area contributed by atoms with E-state index < -0.39 is 5.97 Å². The number of aromatic nitrogens is 4. The molecule has 0 aliphatic rings. The molecule has 2 aromatic heterocycles. The Morgan fingerprint density at radius 3 is 2.75 bits per heavy atom. The molecule has 0 atom stereocenters. The number of aryl methyl sites for hydroxylation is 3. The van der Waals surface area contributed by atoms with E-state index in [0.717, 1.165) is 31.5 Å². The van der Waals surface area contributed by atoms with Gasteiger partial charge < -0.3 is 5.11 Å². The maximum absolute atomic E-state index is 10.4. The van der Waals surface area contributed by atoms with E-state index >= 15 is 0 Å². The van der Waals surface area contributed by atoms with Crippen LogP contribution < -0.4 is 0 Å². The van der Waals surface area contributed by atoms with Crippen LogP contribution in [0.1, 0.15) is 30.5 Å². The highest BCUT2D eigenvalue weighted by molar-refractivity contribution is 5.66. The first-order valence-electron chi connectivity index (χ1n) is 6.74. The van der Waals surface area contributed by atoms with Crippen LogP contribution in [0.15, 0.2) is 30.7 Å². The summed E-state index contributed by atoms with van der Waals surface area (Å²) in [4.78, 5) is 14.4. The molecular formula is C14H18N4O2. The molecule has 0 unspecified atom stereocenters. The lowest BCUT2D eigenvalue weighted by atomic mass is 10.1. The third-order valence-electron chi connectivity index (χ3n) is 3.04. The van der Waals surface area contributed by atoms with Crippen LogP contribution in [0.5, 0.6) is 0 Å². The number of carboxylic acids is 1. The molecule has 0 radical (unpaired) electrons. The van der Waals surface area contributed by atoms with Crippen molar-refractivity contribution in [3.8, 4) is 0 Å². The molecule has 0 fully saturated rings. The standard InChI is InChI=1S/C14H18N4O2/c19-14(20)4-2-1-3-13-11-18(17-16-13)10-7-12-5-8-15-9-6-12/h5-6,8-9,11H,1-4,7,10H2,(H,19,20). The lowest BCUT2D eigenvalue weighted by Crippen LogP contribution is -2.02. The van der Waals surface area contributed by atoms with Crippen molar-refractivity contribution >= 4 is 5.97 Å². The number of hydrogen-bond acceptors (Lipinski definition) is 4. The first kappa shape index (κ1) is 14.2. The molecule has 0 aliphatic heterocycles. The van der Waals surface area contributed by atoms with E-state index in [0.29, 0.717) is 6.42 Å².